The summed E-state index contributed by atoms with van der Waals surface area (Å²) in [5, 5.41) is 3.06. The lowest BCUT2D eigenvalue weighted by molar-refractivity contribution is -0.134. The van der Waals surface area contributed by atoms with Crippen molar-refractivity contribution in [3.63, 3.8) is 0 Å². The van der Waals surface area contributed by atoms with E-state index >= 15 is 0 Å². The second kappa shape index (κ2) is 9.53. The zero-order valence-electron chi connectivity index (χ0n) is 19.2. The van der Waals surface area contributed by atoms with E-state index in [9.17, 15) is 9.59 Å². The molecule has 0 radical (unpaired) electrons. The lowest BCUT2D eigenvalue weighted by Gasteiger charge is -2.38. The average Bonchev–Trinajstić information content (AvgIpc) is 3.09. The predicted octanol–water partition coefficient (Wildman–Crippen LogP) is 2.40. The number of piperidine rings is 1. The number of benzene rings is 2. The van der Waals surface area contributed by atoms with Gasteiger partial charge in [0, 0.05) is 51.5 Å². The van der Waals surface area contributed by atoms with Crippen LogP contribution in [0.25, 0.3) is 0 Å². The van der Waals surface area contributed by atoms with Gasteiger partial charge in [0.05, 0.1) is 6.67 Å². The van der Waals surface area contributed by atoms with Crippen LogP contribution in [0, 0.1) is 0 Å². The second-order valence-electron chi connectivity index (χ2n) is 9.40. The van der Waals surface area contributed by atoms with Gasteiger partial charge in [0.25, 0.3) is 5.91 Å². The number of hydrogen-bond acceptors (Lipinski definition) is 5. The highest BCUT2D eigenvalue weighted by Gasteiger charge is 2.52. The Bertz CT molecular complexity index is 951. The number of para-hydroxylation sites is 1. The number of carbonyl (C=O) groups is 2. The smallest absolute Gasteiger partial charge is 0.326 e. The van der Waals surface area contributed by atoms with E-state index in [-0.39, 0.29) is 11.9 Å². The highest BCUT2D eigenvalue weighted by molar-refractivity contribution is 6.07. The summed E-state index contributed by atoms with van der Waals surface area (Å²) < 4.78 is 0. The quantitative estimate of drug-likeness (QED) is 0.689. The van der Waals surface area contributed by atoms with Crippen molar-refractivity contribution in [3.05, 3.63) is 66.2 Å². The molecule has 3 heterocycles. The zero-order valence-corrected chi connectivity index (χ0v) is 19.2. The summed E-state index contributed by atoms with van der Waals surface area (Å²) in [4.78, 5) is 34.5. The minimum atomic E-state index is -0.716. The molecule has 0 unspecified atom stereocenters. The molecule has 1 N–H and O–H groups in total. The second-order valence-corrected chi connectivity index (χ2v) is 9.40. The van der Waals surface area contributed by atoms with Gasteiger partial charge in [-0.2, -0.15) is 0 Å². The number of nitrogens with zero attached hydrogens (tertiary/aromatic N) is 4. The predicted molar refractivity (Wildman–Crippen MR) is 129 cm³/mol. The molecule has 0 aliphatic carbocycles. The van der Waals surface area contributed by atoms with Gasteiger partial charge in [-0.15, -0.1) is 0 Å². The molecule has 0 saturated carbocycles. The number of nitrogens with one attached hydrogen (secondary N) is 1. The molecule has 3 aliphatic rings. The van der Waals surface area contributed by atoms with Crippen molar-refractivity contribution in [1.82, 2.24) is 20.0 Å². The van der Waals surface area contributed by atoms with Crippen LogP contribution < -0.4 is 10.2 Å². The van der Waals surface area contributed by atoms with Crippen molar-refractivity contribution in [2.45, 2.75) is 24.8 Å². The third-order valence-corrected chi connectivity index (χ3v) is 7.35. The Labute approximate surface area is 195 Å². The molecule has 2 aromatic rings. The van der Waals surface area contributed by atoms with Crippen LogP contribution >= 0.6 is 0 Å². The Hall–Kier alpha value is -2.90. The van der Waals surface area contributed by atoms with Crippen molar-refractivity contribution >= 4 is 17.6 Å². The fourth-order valence-electron chi connectivity index (χ4n) is 5.22. The first kappa shape index (κ1) is 21.9. The van der Waals surface area contributed by atoms with Crippen LogP contribution in [0.3, 0.4) is 0 Å². The van der Waals surface area contributed by atoms with Gasteiger partial charge in [-0.3, -0.25) is 9.69 Å². The molecule has 3 saturated heterocycles. The Kier molecular flexibility index (Phi) is 6.33. The van der Waals surface area contributed by atoms with E-state index in [0.29, 0.717) is 19.5 Å². The van der Waals surface area contributed by atoms with Crippen LogP contribution in [0.4, 0.5) is 10.5 Å². The zero-order chi connectivity index (χ0) is 22.7. The molecule has 7 heteroatoms. The molecular formula is C26H33N5O2. The minimum absolute atomic E-state index is 0.0410. The van der Waals surface area contributed by atoms with Crippen LogP contribution in [0.2, 0.25) is 0 Å². The number of imide groups is 1. The standard InChI is InChI=1S/C26H33N5O2/c32-24-26(12-15-28(16-13-26)14-11-22-7-3-1-4-8-22)27-25(33)31(24)21-29-17-19-30(20-18-29)23-9-5-2-6-10-23/h1-10H,11-21H2,(H,27,33). The first-order valence-corrected chi connectivity index (χ1v) is 12.1. The van der Waals surface area contributed by atoms with Crippen LogP contribution in [0.1, 0.15) is 18.4 Å². The number of likely N-dealkylation sites (tertiary alicyclic amines) is 1. The number of amides is 3. The van der Waals surface area contributed by atoms with Gasteiger partial charge in [0.15, 0.2) is 0 Å². The summed E-state index contributed by atoms with van der Waals surface area (Å²) >= 11 is 0. The minimum Gasteiger partial charge on any atom is -0.369 e. The normalized spacial score (nSPS) is 21.6. The van der Waals surface area contributed by atoms with Crippen molar-refractivity contribution < 1.29 is 9.59 Å². The maximum absolute atomic E-state index is 13.3. The molecule has 2 aromatic carbocycles. The van der Waals surface area contributed by atoms with Gasteiger partial charge in [-0.25, -0.2) is 9.69 Å². The summed E-state index contributed by atoms with van der Waals surface area (Å²) in [6, 6.07) is 20.7. The molecule has 7 nitrogen and oxygen atoms in total. The van der Waals surface area contributed by atoms with E-state index in [1.807, 2.05) is 12.1 Å². The highest BCUT2D eigenvalue weighted by atomic mass is 16.2. The fraction of sp³-hybridized carbons (Fsp3) is 0.462. The van der Waals surface area contributed by atoms with E-state index in [4.69, 9.17) is 0 Å². The Morgan fingerprint density at radius 3 is 2.06 bits per heavy atom. The monoisotopic (exact) mass is 447 g/mol. The maximum atomic E-state index is 13.3. The molecule has 3 aliphatic heterocycles. The Morgan fingerprint density at radius 1 is 0.758 bits per heavy atom. The summed E-state index contributed by atoms with van der Waals surface area (Å²) in [7, 11) is 0. The number of anilines is 1. The molecule has 5 rings (SSSR count). The van der Waals surface area contributed by atoms with Crippen molar-refractivity contribution in [2.24, 2.45) is 0 Å². The van der Waals surface area contributed by atoms with Gasteiger partial charge in [-0.05, 0) is 37.0 Å². The molecule has 0 bridgehead atoms. The molecule has 174 valence electrons. The third-order valence-electron chi connectivity index (χ3n) is 7.35. The van der Waals surface area contributed by atoms with Crippen molar-refractivity contribution in [1.29, 1.82) is 0 Å². The molecule has 1 spiro atoms. The topological polar surface area (TPSA) is 59.1 Å². The summed E-state index contributed by atoms with van der Waals surface area (Å²) in [6.07, 6.45) is 2.38. The SMILES string of the molecule is O=C1NC2(CCN(CCc3ccccc3)CC2)C(=O)N1CN1CCN(c2ccccc2)CC1. The molecule has 33 heavy (non-hydrogen) atoms. The largest absolute Gasteiger partial charge is 0.369 e. The summed E-state index contributed by atoms with van der Waals surface area (Å²) in [5.74, 6) is -0.0410. The number of urea groups is 1. The fourth-order valence-corrected chi connectivity index (χ4v) is 5.22. The van der Waals surface area contributed by atoms with Crippen LogP contribution in [-0.2, 0) is 11.2 Å². The van der Waals surface area contributed by atoms with E-state index in [0.717, 1.165) is 52.2 Å². The first-order valence-electron chi connectivity index (χ1n) is 12.1. The Morgan fingerprint density at radius 2 is 1.39 bits per heavy atom. The molecule has 3 amide bonds. The third kappa shape index (κ3) is 4.75. The van der Waals surface area contributed by atoms with E-state index in [1.165, 1.54) is 16.2 Å². The van der Waals surface area contributed by atoms with Crippen LogP contribution in [0.5, 0.6) is 0 Å². The van der Waals surface area contributed by atoms with E-state index in [2.05, 4.69) is 68.5 Å². The molecule has 0 aromatic heterocycles. The van der Waals surface area contributed by atoms with Gasteiger partial charge in [0.2, 0.25) is 0 Å². The van der Waals surface area contributed by atoms with Crippen molar-refractivity contribution in [3.8, 4) is 0 Å². The summed E-state index contributed by atoms with van der Waals surface area (Å²) in [5.41, 5.74) is 1.85. The number of rotatable bonds is 6. The number of piperazine rings is 1. The first-order chi connectivity index (χ1) is 16.1. The van der Waals surface area contributed by atoms with Crippen LogP contribution in [0.15, 0.2) is 60.7 Å². The van der Waals surface area contributed by atoms with Gasteiger partial charge < -0.3 is 15.1 Å². The highest BCUT2D eigenvalue weighted by Crippen LogP contribution is 2.30. The van der Waals surface area contributed by atoms with Gasteiger partial charge in [-0.1, -0.05) is 48.5 Å². The van der Waals surface area contributed by atoms with E-state index in [1.54, 1.807) is 0 Å². The average molecular weight is 448 g/mol. The molecular weight excluding hydrogens is 414 g/mol. The van der Waals surface area contributed by atoms with E-state index < -0.39 is 5.54 Å². The van der Waals surface area contributed by atoms with Crippen LogP contribution in [-0.4, -0.2) is 84.7 Å². The number of hydrogen-bond donors (Lipinski definition) is 1. The molecule has 0 atom stereocenters. The lowest BCUT2D eigenvalue weighted by atomic mass is 9.87. The maximum Gasteiger partial charge on any atom is 0.326 e. The van der Waals surface area contributed by atoms with Crippen molar-refractivity contribution in [2.75, 3.05) is 57.4 Å². The molecule has 3 fully saturated rings. The van der Waals surface area contributed by atoms with Gasteiger partial charge in [0.1, 0.15) is 5.54 Å². The summed E-state index contributed by atoms with van der Waals surface area (Å²) in [6.45, 7) is 6.51. The number of carbonyl (C=O) groups excluding carboxylic acids is 2. The Balaban J connectivity index is 1.12. The van der Waals surface area contributed by atoms with Gasteiger partial charge >= 0.3 is 6.03 Å². The lowest BCUT2D eigenvalue weighted by Crippen LogP contribution is -2.56.